The van der Waals surface area contributed by atoms with Crippen molar-refractivity contribution in [3.05, 3.63) is 23.8 Å². The van der Waals surface area contributed by atoms with Crippen LogP contribution in [0.4, 0.5) is 0 Å². The number of rotatable bonds is 6. The van der Waals surface area contributed by atoms with Gasteiger partial charge >= 0.3 is 0 Å². The summed E-state index contributed by atoms with van der Waals surface area (Å²) < 4.78 is 5.38. The second-order valence-electron chi connectivity index (χ2n) is 6.09. The van der Waals surface area contributed by atoms with Gasteiger partial charge in [0.15, 0.2) is 11.5 Å². The van der Waals surface area contributed by atoms with Crippen LogP contribution in [0.25, 0.3) is 0 Å². The summed E-state index contributed by atoms with van der Waals surface area (Å²) in [7, 11) is 0. The van der Waals surface area contributed by atoms with E-state index in [9.17, 15) is 5.11 Å². The molecular weight excluding hydrogens is 238 g/mol. The molecule has 0 aliphatic carbocycles. The molecule has 0 saturated carbocycles. The van der Waals surface area contributed by atoms with Crippen LogP contribution in [0.15, 0.2) is 18.2 Å². The first-order valence-electron chi connectivity index (χ1n) is 7.00. The largest absolute Gasteiger partial charge is 0.504 e. The lowest BCUT2D eigenvalue weighted by molar-refractivity contribution is 0.252. The smallest absolute Gasteiger partial charge is 0.162 e. The number of phenols is 1. The molecule has 1 aromatic rings. The number of phenolic OH excluding ortho intramolecular Hbond substituents is 1. The topological polar surface area (TPSA) is 41.5 Å². The van der Waals surface area contributed by atoms with Gasteiger partial charge in [0.2, 0.25) is 0 Å². The molecule has 0 aliphatic rings. The summed E-state index contributed by atoms with van der Waals surface area (Å²) in [5.41, 5.74) is 1.18. The van der Waals surface area contributed by atoms with Crippen molar-refractivity contribution in [3.63, 3.8) is 0 Å². The van der Waals surface area contributed by atoms with Crippen molar-refractivity contribution in [2.75, 3.05) is 13.2 Å². The average Bonchev–Trinajstić information content (AvgIpc) is 2.32. The van der Waals surface area contributed by atoms with Crippen molar-refractivity contribution in [2.45, 2.75) is 41.2 Å². The van der Waals surface area contributed by atoms with Gasteiger partial charge in [0.25, 0.3) is 0 Å². The molecule has 19 heavy (non-hydrogen) atoms. The van der Waals surface area contributed by atoms with E-state index in [4.69, 9.17) is 4.74 Å². The van der Waals surface area contributed by atoms with Crippen molar-refractivity contribution in [1.29, 1.82) is 0 Å². The van der Waals surface area contributed by atoms with E-state index < -0.39 is 0 Å². The molecule has 2 N–H and O–H groups in total. The number of aromatic hydroxyl groups is 1. The number of hydrogen-bond donors (Lipinski definition) is 2. The maximum absolute atomic E-state index is 10.1. The molecule has 1 rings (SSSR count). The Bertz CT molecular complexity index is 396. The Morgan fingerprint density at radius 3 is 2.58 bits per heavy atom. The molecule has 1 atom stereocenters. The van der Waals surface area contributed by atoms with Crippen LogP contribution < -0.4 is 10.1 Å². The molecule has 0 saturated heterocycles. The Kier molecular flexibility index (Phi) is 5.67. The molecule has 0 spiro atoms. The monoisotopic (exact) mass is 265 g/mol. The molecule has 0 fully saturated rings. The molecule has 0 heterocycles. The van der Waals surface area contributed by atoms with Crippen LogP contribution in [-0.4, -0.2) is 18.3 Å². The third-order valence-electron chi connectivity index (χ3n) is 3.63. The highest BCUT2D eigenvalue weighted by molar-refractivity contribution is 5.45. The van der Waals surface area contributed by atoms with Crippen LogP contribution in [0.2, 0.25) is 0 Å². The summed E-state index contributed by atoms with van der Waals surface area (Å²) in [5, 5.41) is 13.5. The zero-order valence-electron chi connectivity index (χ0n) is 12.8. The van der Waals surface area contributed by atoms with E-state index in [0.29, 0.717) is 30.2 Å². The van der Waals surface area contributed by atoms with Gasteiger partial charge in [-0.3, -0.25) is 0 Å². The lowest BCUT2D eigenvalue weighted by Crippen LogP contribution is -2.29. The van der Waals surface area contributed by atoms with Crippen molar-refractivity contribution < 1.29 is 9.84 Å². The number of ether oxygens (including phenoxy) is 1. The fourth-order valence-electron chi connectivity index (χ4n) is 1.71. The number of benzene rings is 1. The number of hydrogen-bond acceptors (Lipinski definition) is 3. The van der Waals surface area contributed by atoms with E-state index in [1.54, 1.807) is 6.07 Å². The summed E-state index contributed by atoms with van der Waals surface area (Å²) in [6.45, 7) is 13.0. The third-order valence-corrected chi connectivity index (χ3v) is 3.63. The molecule has 0 aliphatic heterocycles. The maximum atomic E-state index is 10.1. The first-order chi connectivity index (χ1) is 8.86. The van der Waals surface area contributed by atoms with E-state index in [2.05, 4.69) is 33.0 Å². The standard InChI is InChI=1S/C16H27NO2/c1-6-19-14-9-7-8-13(15(14)18)11-17-10-12(2)16(3,4)5/h7-9,12,17-18H,6,10-11H2,1-5H3. The van der Waals surface area contributed by atoms with Gasteiger partial charge in [-0.25, -0.2) is 0 Å². The summed E-state index contributed by atoms with van der Waals surface area (Å²) in [6.07, 6.45) is 0. The van der Waals surface area contributed by atoms with Gasteiger partial charge in [0, 0.05) is 12.1 Å². The lowest BCUT2D eigenvalue weighted by Gasteiger charge is -2.27. The van der Waals surface area contributed by atoms with Crippen molar-refractivity contribution in [1.82, 2.24) is 5.32 Å². The zero-order chi connectivity index (χ0) is 14.5. The highest BCUT2D eigenvalue weighted by Crippen LogP contribution is 2.30. The summed E-state index contributed by atoms with van der Waals surface area (Å²) >= 11 is 0. The first-order valence-corrected chi connectivity index (χ1v) is 7.00. The molecule has 3 heteroatoms. The Balaban J connectivity index is 2.56. The molecule has 0 amide bonds. The van der Waals surface area contributed by atoms with Crippen LogP contribution in [0.1, 0.15) is 40.2 Å². The normalized spacial score (nSPS) is 13.3. The first kappa shape index (κ1) is 15.8. The molecule has 108 valence electrons. The number of para-hydroxylation sites is 1. The minimum Gasteiger partial charge on any atom is -0.504 e. The van der Waals surface area contributed by atoms with Crippen molar-refractivity contribution in [2.24, 2.45) is 11.3 Å². The quantitative estimate of drug-likeness (QED) is 0.826. The number of nitrogens with one attached hydrogen (secondary N) is 1. The fourth-order valence-corrected chi connectivity index (χ4v) is 1.71. The Hall–Kier alpha value is -1.22. The summed E-state index contributed by atoms with van der Waals surface area (Å²) in [5.74, 6) is 1.38. The van der Waals surface area contributed by atoms with Crippen LogP contribution in [0.5, 0.6) is 11.5 Å². The van der Waals surface area contributed by atoms with Crippen LogP contribution >= 0.6 is 0 Å². The van der Waals surface area contributed by atoms with E-state index >= 15 is 0 Å². The molecular formula is C16H27NO2. The van der Waals surface area contributed by atoms with Gasteiger partial charge in [-0.1, -0.05) is 39.8 Å². The predicted octanol–water partition coefficient (Wildman–Crippen LogP) is 3.56. The Morgan fingerprint density at radius 2 is 2.00 bits per heavy atom. The minimum atomic E-state index is 0.250. The van der Waals surface area contributed by atoms with Crippen LogP contribution in [-0.2, 0) is 6.54 Å². The molecule has 0 bridgehead atoms. The lowest BCUT2D eigenvalue weighted by atomic mass is 9.82. The molecule has 1 unspecified atom stereocenters. The fraction of sp³-hybridized carbons (Fsp3) is 0.625. The van der Waals surface area contributed by atoms with Gasteiger partial charge in [-0.2, -0.15) is 0 Å². The molecule has 3 nitrogen and oxygen atoms in total. The van der Waals surface area contributed by atoms with Gasteiger partial charge < -0.3 is 15.2 Å². The van der Waals surface area contributed by atoms with Crippen molar-refractivity contribution >= 4 is 0 Å². The third kappa shape index (κ3) is 4.75. The Labute approximate surface area is 117 Å². The molecule has 0 radical (unpaired) electrons. The van der Waals surface area contributed by atoms with E-state index in [-0.39, 0.29) is 5.75 Å². The van der Waals surface area contributed by atoms with Crippen molar-refractivity contribution in [3.8, 4) is 11.5 Å². The highest BCUT2D eigenvalue weighted by Gasteiger charge is 2.19. The van der Waals surface area contributed by atoms with E-state index in [1.165, 1.54) is 0 Å². The van der Waals surface area contributed by atoms with E-state index in [0.717, 1.165) is 12.1 Å². The van der Waals surface area contributed by atoms with E-state index in [1.807, 2.05) is 19.1 Å². The highest BCUT2D eigenvalue weighted by atomic mass is 16.5. The molecule has 1 aromatic carbocycles. The zero-order valence-corrected chi connectivity index (χ0v) is 12.8. The van der Waals surface area contributed by atoms with Gasteiger partial charge in [-0.15, -0.1) is 0 Å². The average molecular weight is 265 g/mol. The molecule has 0 aromatic heterocycles. The Morgan fingerprint density at radius 1 is 1.32 bits per heavy atom. The van der Waals surface area contributed by atoms with Gasteiger partial charge in [0.1, 0.15) is 0 Å². The predicted molar refractivity (Wildman–Crippen MR) is 79.6 cm³/mol. The maximum Gasteiger partial charge on any atom is 0.162 e. The summed E-state index contributed by atoms with van der Waals surface area (Å²) in [4.78, 5) is 0. The minimum absolute atomic E-state index is 0.250. The van der Waals surface area contributed by atoms with Gasteiger partial charge in [-0.05, 0) is 30.9 Å². The van der Waals surface area contributed by atoms with Gasteiger partial charge in [0.05, 0.1) is 6.61 Å². The van der Waals surface area contributed by atoms with Crippen LogP contribution in [0, 0.1) is 11.3 Å². The second-order valence-corrected chi connectivity index (χ2v) is 6.09. The second kappa shape index (κ2) is 6.80. The summed E-state index contributed by atoms with van der Waals surface area (Å²) in [6, 6.07) is 5.63. The van der Waals surface area contributed by atoms with Crippen LogP contribution in [0.3, 0.4) is 0 Å². The SMILES string of the molecule is CCOc1cccc(CNCC(C)C(C)(C)C)c1O.